The Morgan fingerprint density at radius 3 is 2.67 bits per heavy atom. The number of ether oxygens (including phenoxy) is 2. The number of esters is 1. The Labute approximate surface area is 406 Å². The molecule has 6 bridgehead atoms. The van der Waals surface area contributed by atoms with Gasteiger partial charge in [-0.1, -0.05) is 26.8 Å². The van der Waals surface area contributed by atoms with Crippen molar-refractivity contribution in [1.82, 2.24) is 50.1 Å². The van der Waals surface area contributed by atoms with Crippen LogP contribution >= 0.6 is 11.3 Å². The highest BCUT2D eigenvalue weighted by atomic mass is 32.1. The molecule has 7 atom stereocenters. The number of hydrogen-bond acceptors (Lipinski definition) is 14. The zero-order valence-corrected chi connectivity index (χ0v) is 41.0. The molecular weight excluding hydrogens is 891 g/mol. The lowest BCUT2D eigenvalue weighted by atomic mass is 9.76. The molecule has 2 amide bonds. The number of pyridine rings is 1. The predicted molar refractivity (Wildman–Crippen MR) is 259 cm³/mol. The number of cyclic esters (lactones) is 1. The minimum atomic E-state index is -1.02. The van der Waals surface area contributed by atoms with Crippen molar-refractivity contribution in [2.24, 2.45) is 23.2 Å². The molecule has 2 saturated carbocycles. The van der Waals surface area contributed by atoms with Crippen molar-refractivity contribution >= 4 is 40.0 Å². The average molecular weight is 952 g/mol. The van der Waals surface area contributed by atoms with Gasteiger partial charge < -0.3 is 19.4 Å². The third-order valence-corrected chi connectivity index (χ3v) is 17.2. The van der Waals surface area contributed by atoms with Crippen LogP contribution in [0.25, 0.3) is 33.4 Å². The van der Waals surface area contributed by atoms with E-state index in [0.29, 0.717) is 25.8 Å². The molecular formula is C52H61N11O5S. The fourth-order valence-electron chi connectivity index (χ4n) is 11.9. The highest BCUT2D eigenvalue weighted by molar-refractivity contribution is 7.10. The molecule has 0 unspecified atom stereocenters. The van der Waals surface area contributed by atoms with E-state index < -0.39 is 29.5 Å². The first-order valence-corrected chi connectivity index (χ1v) is 25.4. The van der Waals surface area contributed by atoms with Crippen molar-refractivity contribution in [2.45, 2.75) is 108 Å². The first kappa shape index (κ1) is 45.8. The number of fused-ring (bicyclic) bond motifs is 6. The summed E-state index contributed by atoms with van der Waals surface area (Å²) in [6.45, 7) is 11.2. The van der Waals surface area contributed by atoms with Crippen LogP contribution in [-0.4, -0.2) is 122 Å². The fourth-order valence-corrected chi connectivity index (χ4v) is 12.9. The van der Waals surface area contributed by atoms with Crippen LogP contribution in [0.5, 0.6) is 0 Å². The number of nitrogens with zero attached hydrogens (tertiary/aromatic N) is 9. The van der Waals surface area contributed by atoms with Gasteiger partial charge in [0.05, 0.1) is 47.8 Å². The van der Waals surface area contributed by atoms with Gasteiger partial charge in [0.25, 0.3) is 5.91 Å². The van der Waals surface area contributed by atoms with Crippen molar-refractivity contribution in [3.63, 3.8) is 0 Å². The summed E-state index contributed by atoms with van der Waals surface area (Å²) in [7, 11) is 3.85. The van der Waals surface area contributed by atoms with Gasteiger partial charge in [0.2, 0.25) is 5.91 Å². The van der Waals surface area contributed by atoms with Crippen LogP contribution in [0.15, 0.2) is 60.5 Å². The van der Waals surface area contributed by atoms with Gasteiger partial charge in [-0.25, -0.2) is 20.4 Å². The summed E-state index contributed by atoms with van der Waals surface area (Å²) in [5, 5.41) is 18.7. The summed E-state index contributed by atoms with van der Waals surface area (Å²) in [6, 6.07) is 12.7. The molecule has 5 aromatic rings. The van der Waals surface area contributed by atoms with Crippen molar-refractivity contribution in [3.05, 3.63) is 82.5 Å². The second kappa shape index (κ2) is 17.6. The fraction of sp³-hybridized carbons (Fsp3) is 0.538. The van der Waals surface area contributed by atoms with E-state index in [1.54, 1.807) is 24.5 Å². The van der Waals surface area contributed by atoms with E-state index in [0.717, 1.165) is 94.3 Å². The number of thiazole rings is 1. The van der Waals surface area contributed by atoms with Crippen LogP contribution in [0.1, 0.15) is 106 Å². The van der Waals surface area contributed by atoms with Gasteiger partial charge in [-0.2, -0.15) is 5.26 Å². The molecule has 16 nitrogen and oxygen atoms in total. The lowest BCUT2D eigenvalue weighted by Crippen LogP contribution is -2.77. The molecule has 2 aliphatic carbocycles. The molecule has 2 N–H and O–H groups in total. The van der Waals surface area contributed by atoms with Gasteiger partial charge in [0.15, 0.2) is 0 Å². The van der Waals surface area contributed by atoms with Gasteiger partial charge >= 0.3 is 5.97 Å². The molecule has 4 aliphatic heterocycles. The van der Waals surface area contributed by atoms with E-state index in [1.807, 2.05) is 26.0 Å². The van der Waals surface area contributed by atoms with E-state index in [9.17, 15) is 14.9 Å². The van der Waals surface area contributed by atoms with Crippen molar-refractivity contribution in [1.29, 1.82) is 5.26 Å². The van der Waals surface area contributed by atoms with E-state index in [4.69, 9.17) is 19.4 Å². The Balaban J connectivity index is 1.06. The topological polar surface area (TPSA) is 184 Å². The first-order chi connectivity index (χ1) is 33.3. The number of likely N-dealkylation sites (N-methyl/N-ethyl adjacent to an activating group) is 1. The number of hydrogen-bond donors (Lipinski definition) is 2. The number of nitrogens with one attached hydrogen (secondary N) is 2. The lowest BCUT2D eigenvalue weighted by Gasteiger charge is -2.63. The Bertz CT molecular complexity index is 2850. The third-order valence-electron chi connectivity index (χ3n) is 16.3. The number of amides is 2. The number of hydrazine groups is 1. The SMILES string of the molecule is CO[C@@H](C)c1ncccc1-c1c2c3cc(ccc3n1C1CC(C#N)C1)-c1csc(n1)[C@@H](N1CC3(CCN3C)C1)[C@H](NC(=O)[C@@H]1[C@@H](C)[C@H]1c1ccncn1)C(=O)N1CCC[C@H](N1)C(=O)OCC(C)(C)C2. The number of aromatic nitrogens is 5. The molecule has 11 rings (SSSR count). The molecule has 4 aromatic heterocycles. The largest absolute Gasteiger partial charge is 0.464 e. The summed E-state index contributed by atoms with van der Waals surface area (Å²) in [5.41, 5.74) is 10.2. The predicted octanol–water partition coefficient (Wildman–Crippen LogP) is 6.39. The van der Waals surface area contributed by atoms with Crippen LogP contribution in [0.3, 0.4) is 0 Å². The lowest BCUT2D eigenvalue weighted by molar-refractivity contribution is -0.159. The van der Waals surface area contributed by atoms with Gasteiger partial charge in [-0.05, 0) is 94.3 Å². The molecule has 8 heterocycles. The average Bonchev–Trinajstić information content (AvgIpc) is 3.61. The smallest absolute Gasteiger partial charge is 0.324 e. The number of nitriles is 1. The highest BCUT2D eigenvalue weighted by Crippen LogP contribution is 2.54. The quantitative estimate of drug-likeness (QED) is 0.164. The standard InChI is InChI=1S/C52H61N11O5S/c1-29-41(37-13-16-54-28-56-37)42(29)47(64)58-44-46(61-25-52(26-61)14-18-60(52)5)48-57-39(24-69-48)32-11-12-40-35(21-32)36(22-51(3,4)27-68-50(66)38-10-8-17-62(59-38)49(44)65)45(63(40)33-19-31(20-33)23-53)34-9-7-15-55-43(34)30(2)67-6/h7,9,11-13,15-16,21,24,28-31,33,38,41-42,44,46,59H,8,10,14,17-20,22,25-27H2,1-6H3,(H,58,64)/t29-,30-,31?,33?,38-,41-,42+,44-,46-/m0/s1. The summed E-state index contributed by atoms with van der Waals surface area (Å²) in [5.74, 6) is -1.43. The molecule has 1 spiro atoms. The number of rotatable bonds is 8. The van der Waals surface area contributed by atoms with Gasteiger partial charge in [-0.3, -0.25) is 34.2 Å². The molecule has 360 valence electrons. The third kappa shape index (κ3) is 8.02. The zero-order valence-electron chi connectivity index (χ0n) is 40.2. The van der Waals surface area contributed by atoms with Crippen LogP contribution in [0.4, 0.5) is 0 Å². The summed E-state index contributed by atoms with van der Waals surface area (Å²) >= 11 is 1.51. The zero-order chi connectivity index (χ0) is 47.9. The molecule has 1 aromatic carbocycles. The Morgan fingerprint density at radius 2 is 1.94 bits per heavy atom. The molecule has 6 aliphatic rings. The number of carbonyl (C=O) groups is 3. The molecule has 5 fully saturated rings. The molecule has 17 heteroatoms. The highest BCUT2D eigenvalue weighted by Gasteiger charge is 2.58. The molecule has 0 radical (unpaired) electrons. The summed E-state index contributed by atoms with van der Waals surface area (Å²) in [4.78, 5) is 67.8. The second-order valence-electron chi connectivity index (χ2n) is 21.3. The normalized spacial score (nSPS) is 29.2. The maximum Gasteiger partial charge on any atom is 0.324 e. The van der Waals surface area contributed by atoms with Gasteiger partial charge in [0, 0.05) is 108 Å². The Morgan fingerprint density at radius 1 is 1.12 bits per heavy atom. The number of likely N-dealkylation sites (tertiary alicyclic amines) is 2. The minimum absolute atomic E-state index is 0.00795. The van der Waals surface area contributed by atoms with E-state index in [-0.39, 0.29) is 59.8 Å². The Hall–Kier alpha value is -5.64. The number of benzene rings is 1. The van der Waals surface area contributed by atoms with Crippen LogP contribution < -0.4 is 10.7 Å². The van der Waals surface area contributed by atoms with Crippen LogP contribution in [0, 0.1) is 34.5 Å². The van der Waals surface area contributed by atoms with Crippen molar-refractivity contribution in [2.75, 3.05) is 46.9 Å². The summed E-state index contributed by atoms with van der Waals surface area (Å²) in [6.07, 6.45) is 8.87. The van der Waals surface area contributed by atoms with E-state index in [2.05, 4.69) is 91.7 Å². The molecule has 69 heavy (non-hydrogen) atoms. The number of methoxy groups -OCH3 is 1. The van der Waals surface area contributed by atoms with Gasteiger partial charge in [0.1, 0.15) is 23.4 Å². The maximum atomic E-state index is 15.3. The monoisotopic (exact) mass is 951 g/mol. The van der Waals surface area contributed by atoms with Crippen LogP contribution in [-0.2, 0) is 30.3 Å². The van der Waals surface area contributed by atoms with Crippen molar-refractivity contribution in [3.8, 4) is 28.6 Å². The summed E-state index contributed by atoms with van der Waals surface area (Å²) < 4.78 is 14.6. The van der Waals surface area contributed by atoms with Gasteiger partial charge in [-0.15, -0.1) is 11.3 Å². The van der Waals surface area contributed by atoms with E-state index >= 15 is 4.79 Å². The Kier molecular flexibility index (Phi) is 11.7. The number of carbonyl (C=O) groups excluding carboxylic acids is 3. The van der Waals surface area contributed by atoms with E-state index in [1.165, 1.54) is 17.7 Å². The maximum absolute atomic E-state index is 15.3. The molecule has 3 saturated heterocycles. The van der Waals surface area contributed by atoms with Crippen molar-refractivity contribution < 1.29 is 23.9 Å². The second-order valence-corrected chi connectivity index (χ2v) is 22.2. The minimum Gasteiger partial charge on any atom is -0.464 e. The van der Waals surface area contributed by atoms with Crippen LogP contribution in [0.2, 0.25) is 0 Å². The first-order valence-electron chi connectivity index (χ1n) is 24.5.